The fraction of sp³-hybridized carbons (Fsp3) is 0.643. The Morgan fingerprint density at radius 1 is 1.44 bits per heavy atom. The van der Waals surface area contributed by atoms with Crippen LogP contribution in [0.1, 0.15) is 26.7 Å². The van der Waals surface area contributed by atoms with Crippen LogP contribution in [0.5, 0.6) is 0 Å². The van der Waals surface area contributed by atoms with Gasteiger partial charge in [0.2, 0.25) is 0 Å². The number of hydrogen-bond donors (Lipinski definition) is 1. The van der Waals surface area contributed by atoms with Gasteiger partial charge in [0.1, 0.15) is 4.60 Å². The molecule has 2 heterocycles. The Bertz CT molecular complexity index is 358. The third kappa shape index (κ3) is 3.69. The van der Waals surface area contributed by atoms with Crippen molar-refractivity contribution in [3.05, 3.63) is 22.9 Å². The van der Waals surface area contributed by atoms with Gasteiger partial charge in [0.05, 0.1) is 11.9 Å². The predicted molar refractivity (Wildman–Crippen MR) is 79.9 cm³/mol. The van der Waals surface area contributed by atoms with E-state index < -0.39 is 0 Å². The molecule has 0 aromatic carbocycles. The molecule has 1 aliphatic heterocycles. The van der Waals surface area contributed by atoms with Gasteiger partial charge in [-0.15, -0.1) is 0 Å². The number of halogens is 1. The number of anilines is 1. The summed E-state index contributed by atoms with van der Waals surface area (Å²) in [4.78, 5) is 6.78. The molecule has 1 aliphatic rings. The zero-order valence-electron chi connectivity index (χ0n) is 11.2. The number of nitrogens with one attached hydrogen (secondary N) is 1. The standard InChI is InChI=1S/C14H22BrN3/c1-3-18-8-6-12(7-9-18)11(2)17-13-4-5-14(15)16-10-13/h4-5,10-12,17H,3,6-9H2,1-2H3. The highest BCUT2D eigenvalue weighted by Gasteiger charge is 2.22. The molecule has 3 nitrogen and oxygen atoms in total. The molecule has 1 aromatic rings. The minimum absolute atomic E-state index is 0.520. The zero-order chi connectivity index (χ0) is 13.0. The topological polar surface area (TPSA) is 28.2 Å². The van der Waals surface area contributed by atoms with Gasteiger partial charge in [-0.3, -0.25) is 0 Å². The lowest BCUT2D eigenvalue weighted by Crippen LogP contribution is -2.39. The Balaban J connectivity index is 1.85. The molecule has 0 saturated carbocycles. The molecule has 100 valence electrons. The Hall–Kier alpha value is -0.610. The van der Waals surface area contributed by atoms with Crippen LogP contribution < -0.4 is 5.32 Å². The molecule has 1 saturated heterocycles. The first-order valence-corrected chi connectivity index (χ1v) is 7.58. The maximum Gasteiger partial charge on any atom is 0.106 e. The fourth-order valence-corrected chi connectivity index (χ4v) is 2.85. The van der Waals surface area contributed by atoms with E-state index in [1.54, 1.807) is 0 Å². The molecule has 2 rings (SSSR count). The van der Waals surface area contributed by atoms with Crippen LogP contribution in [0.25, 0.3) is 0 Å². The third-order valence-electron chi connectivity index (χ3n) is 3.91. The first-order chi connectivity index (χ1) is 8.69. The normalized spacial score (nSPS) is 19.7. The summed E-state index contributed by atoms with van der Waals surface area (Å²) < 4.78 is 0.886. The van der Waals surface area contributed by atoms with E-state index in [2.05, 4.69) is 51.0 Å². The van der Waals surface area contributed by atoms with Crippen molar-refractivity contribution >= 4 is 21.6 Å². The molecule has 18 heavy (non-hydrogen) atoms. The van der Waals surface area contributed by atoms with E-state index in [1.165, 1.54) is 32.5 Å². The SMILES string of the molecule is CCN1CCC(C(C)Nc2ccc(Br)nc2)CC1. The number of aromatic nitrogens is 1. The van der Waals surface area contributed by atoms with Crippen molar-refractivity contribution in [3.63, 3.8) is 0 Å². The molecule has 0 spiro atoms. The second kappa shape index (κ2) is 6.53. The molecule has 1 N–H and O–H groups in total. The summed E-state index contributed by atoms with van der Waals surface area (Å²) in [5, 5.41) is 3.57. The van der Waals surface area contributed by atoms with Crippen molar-refractivity contribution in [3.8, 4) is 0 Å². The van der Waals surface area contributed by atoms with Crippen molar-refractivity contribution in [2.24, 2.45) is 5.92 Å². The average Bonchev–Trinajstić information content (AvgIpc) is 2.41. The molecule has 1 unspecified atom stereocenters. The largest absolute Gasteiger partial charge is 0.381 e. The lowest BCUT2D eigenvalue weighted by molar-refractivity contribution is 0.183. The molecular formula is C14H22BrN3. The number of piperidine rings is 1. The predicted octanol–water partition coefficient (Wildman–Crippen LogP) is 3.38. The molecule has 4 heteroatoms. The van der Waals surface area contributed by atoms with E-state index in [-0.39, 0.29) is 0 Å². The Morgan fingerprint density at radius 3 is 2.72 bits per heavy atom. The number of likely N-dealkylation sites (tertiary alicyclic amines) is 1. The summed E-state index contributed by atoms with van der Waals surface area (Å²) in [6, 6.07) is 4.58. The molecule has 1 atom stereocenters. The number of pyridine rings is 1. The van der Waals surface area contributed by atoms with Gasteiger partial charge in [-0.2, -0.15) is 0 Å². The fourth-order valence-electron chi connectivity index (χ4n) is 2.61. The lowest BCUT2D eigenvalue weighted by atomic mass is 9.90. The Kier molecular flexibility index (Phi) is 5.01. The van der Waals surface area contributed by atoms with E-state index >= 15 is 0 Å². The van der Waals surface area contributed by atoms with Crippen LogP contribution in [0.3, 0.4) is 0 Å². The van der Waals surface area contributed by atoms with Crippen LogP contribution in [0.4, 0.5) is 5.69 Å². The van der Waals surface area contributed by atoms with Crippen molar-refractivity contribution < 1.29 is 0 Å². The van der Waals surface area contributed by atoms with E-state index in [0.717, 1.165) is 16.2 Å². The molecule has 0 amide bonds. The zero-order valence-corrected chi connectivity index (χ0v) is 12.8. The monoisotopic (exact) mass is 311 g/mol. The Morgan fingerprint density at radius 2 is 2.17 bits per heavy atom. The van der Waals surface area contributed by atoms with Gasteiger partial charge in [-0.25, -0.2) is 4.98 Å². The van der Waals surface area contributed by atoms with Gasteiger partial charge in [0.15, 0.2) is 0 Å². The first-order valence-electron chi connectivity index (χ1n) is 6.79. The van der Waals surface area contributed by atoms with Gasteiger partial charge in [-0.05, 0) is 73.4 Å². The van der Waals surface area contributed by atoms with Gasteiger partial charge in [0, 0.05) is 6.04 Å². The van der Waals surface area contributed by atoms with E-state index in [0.29, 0.717) is 6.04 Å². The second-order valence-electron chi connectivity index (χ2n) is 5.07. The number of hydrogen-bond acceptors (Lipinski definition) is 3. The van der Waals surface area contributed by atoms with Crippen LogP contribution in [0.15, 0.2) is 22.9 Å². The van der Waals surface area contributed by atoms with E-state index in [1.807, 2.05) is 12.3 Å². The molecular weight excluding hydrogens is 290 g/mol. The minimum Gasteiger partial charge on any atom is -0.381 e. The molecule has 1 aromatic heterocycles. The third-order valence-corrected chi connectivity index (χ3v) is 4.38. The molecule has 0 aliphatic carbocycles. The van der Waals surface area contributed by atoms with Crippen LogP contribution >= 0.6 is 15.9 Å². The minimum atomic E-state index is 0.520. The summed E-state index contributed by atoms with van der Waals surface area (Å²) in [7, 11) is 0. The highest BCUT2D eigenvalue weighted by Crippen LogP contribution is 2.23. The smallest absolute Gasteiger partial charge is 0.106 e. The van der Waals surface area contributed by atoms with Crippen LogP contribution in [0.2, 0.25) is 0 Å². The number of rotatable bonds is 4. The summed E-state index contributed by atoms with van der Waals surface area (Å²) in [5.41, 5.74) is 1.11. The van der Waals surface area contributed by atoms with Gasteiger partial charge >= 0.3 is 0 Å². The van der Waals surface area contributed by atoms with Crippen molar-refractivity contribution in [2.45, 2.75) is 32.7 Å². The molecule has 0 bridgehead atoms. The average molecular weight is 312 g/mol. The first kappa shape index (κ1) is 13.8. The van der Waals surface area contributed by atoms with Crippen molar-refractivity contribution in [2.75, 3.05) is 25.0 Å². The number of nitrogens with zero attached hydrogens (tertiary/aromatic N) is 2. The summed E-state index contributed by atoms with van der Waals surface area (Å²) in [6.45, 7) is 8.20. The van der Waals surface area contributed by atoms with Crippen LogP contribution in [-0.2, 0) is 0 Å². The summed E-state index contributed by atoms with van der Waals surface area (Å²) in [6.07, 6.45) is 4.49. The quantitative estimate of drug-likeness (QED) is 0.864. The highest BCUT2D eigenvalue weighted by atomic mass is 79.9. The van der Waals surface area contributed by atoms with Crippen LogP contribution in [0, 0.1) is 5.92 Å². The lowest BCUT2D eigenvalue weighted by Gasteiger charge is -2.34. The maximum atomic E-state index is 4.25. The van der Waals surface area contributed by atoms with Crippen molar-refractivity contribution in [1.29, 1.82) is 0 Å². The second-order valence-corrected chi connectivity index (χ2v) is 5.89. The molecule has 1 fully saturated rings. The highest BCUT2D eigenvalue weighted by molar-refractivity contribution is 9.10. The van der Waals surface area contributed by atoms with E-state index in [4.69, 9.17) is 0 Å². The van der Waals surface area contributed by atoms with Crippen molar-refractivity contribution in [1.82, 2.24) is 9.88 Å². The summed E-state index contributed by atoms with van der Waals surface area (Å²) in [5.74, 6) is 0.774. The van der Waals surface area contributed by atoms with Gasteiger partial charge in [-0.1, -0.05) is 6.92 Å². The van der Waals surface area contributed by atoms with E-state index in [9.17, 15) is 0 Å². The van der Waals surface area contributed by atoms with Gasteiger partial charge < -0.3 is 10.2 Å². The maximum absolute atomic E-state index is 4.25. The van der Waals surface area contributed by atoms with Crippen LogP contribution in [-0.4, -0.2) is 35.6 Å². The molecule has 0 radical (unpaired) electrons. The summed E-state index contributed by atoms with van der Waals surface area (Å²) >= 11 is 3.36. The Labute approximate surface area is 118 Å². The van der Waals surface area contributed by atoms with Gasteiger partial charge in [0.25, 0.3) is 0 Å².